The zero-order valence-electron chi connectivity index (χ0n) is 22.4. The predicted molar refractivity (Wildman–Crippen MR) is 148 cm³/mol. The molecule has 0 saturated carbocycles. The summed E-state index contributed by atoms with van der Waals surface area (Å²) < 4.78 is 21.8. The summed E-state index contributed by atoms with van der Waals surface area (Å²) in [6, 6.07) is 13.8. The van der Waals surface area contributed by atoms with Crippen molar-refractivity contribution in [2.75, 3.05) is 33.5 Å². The van der Waals surface area contributed by atoms with Crippen LogP contribution in [-0.2, 0) is 30.4 Å². The number of amides is 2. The molecule has 2 amide bonds. The number of unbranched alkanes of at least 4 members (excludes halogenated alkanes) is 2. The van der Waals surface area contributed by atoms with Crippen molar-refractivity contribution in [1.82, 2.24) is 10.6 Å². The Hall–Kier alpha value is -3.95. The number of hydrogen-bond acceptors (Lipinski definition) is 7. The second-order valence-corrected chi connectivity index (χ2v) is 8.59. The molecule has 0 aliphatic rings. The Labute approximate surface area is 230 Å². The van der Waals surface area contributed by atoms with Gasteiger partial charge in [-0.25, -0.2) is 4.79 Å². The van der Waals surface area contributed by atoms with E-state index in [-0.39, 0.29) is 32.0 Å². The number of carbonyl (C=O) groups excluding carboxylic acids is 3. The summed E-state index contributed by atoms with van der Waals surface area (Å²) >= 11 is 0. The number of esters is 1. The lowest BCUT2D eigenvalue weighted by atomic mass is 10.1. The van der Waals surface area contributed by atoms with Crippen LogP contribution >= 0.6 is 0 Å². The first-order chi connectivity index (χ1) is 19.0. The molecule has 2 aromatic rings. The molecular weight excluding hydrogens is 500 g/mol. The first-order valence-electron chi connectivity index (χ1n) is 12.8. The molecule has 9 heteroatoms. The maximum atomic E-state index is 13.2. The summed E-state index contributed by atoms with van der Waals surface area (Å²) in [4.78, 5) is 39.1. The smallest absolute Gasteiger partial charge is 0.331 e. The molecule has 0 aliphatic heterocycles. The van der Waals surface area contributed by atoms with Crippen LogP contribution in [-0.4, -0.2) is 63.4 Å². The second-order valence-electron chi connectivity index (χ2n) is 8.59. The first kappa shape index (κ1) is 31.3. The minimum absolute atomic E-state index is 0.0378. The molecule has 0 fully saturated rings. The van der Waals surface area contributed by atoms with Crippen LogP contribution in [0.1, 0.15) is 35.2 Å². The van der Waals surface area contributed by atoms with Gasteiger partial charge in [0.05, 0.1) is 32.0 Å². The first-order valence-corrected chi connectivity index (χ1v) is 12.8. The van der Waals surface area contributed by atoms with Crippen molar-refractivity contribution >= 4 is 17.8 Å². The lowest BCUT2D eigenvalue weighted by Crippen LogP contribution is -2.54. The summed E-state index contributed by atoms with van der Waals surface area (Å²) in [5, 5.41) is 5.29. The second kappa shape index (κ2) is 18.3. The third-order valence-electron chi connectivity index (χ3n) is 5.49. The molecule has 210 valence electrons. The molecular formula is C30H38N2O7. The van der Waals surface area contributed by atoms with Gasteiger partial charge < -0.3 is 29.6 Å². The topological polar surface area (TPSA) is 112 Å². The largest absolute Gasteiger partial charge is 0.493 e. The number of rotatable bonds is 19. The van der Waals surface area contributed by atoms with Gasteiger partial charge in [-0.15, -0.1) is 13.2 Å². The highest BCUT2D eigenvalue weighted by Crippen LogP contribution is 2.18. The van der Waals surface area contributed by atoms with Crippen molar-refractivity contribution < 1.29 is 33.3 Å². The van der Waals surface area contributed by atoms with Gasteiger partial charge in [0, 0.05) is 7.11 Å². The standard InChI is InChI=1S/C30H38N2O7/c1-4-6-7-13-19-38-27-17-12-11-16-24(27)28(33)31-25(21-36-3)29(34)32-26(22-37-18-5-2)30(35)39-20-23-14-9-8-10-15-23/h4-5,8-12,14-17,25-26H,1-2,6-7,13,18-22H2,3H3,(H,31,33)(H,32,34)/t25-,26-/m0/s1. The molecule has 2 aromatic carbocycles. The van der Waals surface area contributed by atoms with E-state index in [2.05, 4.69) is 23.8 Å². The summed E-state index contributed by atoms with van der Waals surface area (Å²) in [7, 11) is 1.41. The molecule has 2 N–H and O–H groups in total. The van der Waals surface area contributed by atoms with Gasteiger partial charge in [-0.1, -0.05) is 54.6 Å². The third-order valence-corrected chi connectivity index (χ3v) is 5.49. The number of nitrogens with one attached hydrogen (secondary N) is 2. The van der Waals surface area contributed by atoms with Gasteiger partial charge in [0.25, 0.3) is 5.91 Å². The van der Waals surface area contributed by atoms with Gasteiger partial charge in [0.1, 0.15) is 18.4 Å². The number of ether oxygens (including phenoxy) is 4. The van der Waals surface area contributed by atoms with Gasteiger partial charge in [-0.2, -0.15) is 0 Å². The molecule has 0 bridgehead atoms. The van der Waals surface area contributed by atoms with Crippen LogP contribution in [0.4, 0.5) is 0 Å². The predicted octanol–water partition coefficient (Wildman–Crippen LogP) is 3.60. The van der Waals surface area contributed by atoms with Crippen LogP contribution in [0.5, 0.6) is 5.75 Å². The number of methoxy groups -OCH3 is 1. The molecule has 0 aromatic heterocycles. The Kier molecular flexibility index (Phi) is 14.7. The van der Waals surface area contributed by atoms with E-state index >= 15 is 0 Å². The molecule has 0 spiro atoms. The minimum atomic E-state index is -1.11. The number of carbonyl (C=O) groups is 3. The molecule has 2 rings (SSSR count). The van der Waals surface area contributed by atoms with Crippen molar-refractivity contribution in [2.45, 2.75) is 38.0 Å². The van der Waals surface area contributed by atoms with Crippen molar-refractivity contribution in [3.63, 3.8) is 0 Å². The van der Waals surface area contributed by atoms with Gasteiger partial charge in [-0.05, 0) is 37.0 Å². The van der Waals surface area contributed by atoms with Gasteiger partial charge >= 0.3 is 5.97 Å². The molecule has 39 heavy (non-hydrogen) atoms. The van der Waals surface area contributed by atoms with E-state index in [9.17, 15) is 14.4 Å². The highest BCUT2D eigenvalue weighted by Gasteiger charge is 2.29. The lowest BCUT2D eigenvalue weighted by molar-refractivity contribution is -0.151. The van der Waals surface area contributed by atoms with Gasteiger partial charge in [0.2, 0.25) is 5.91 Å². The van der Waals surface area contributed by atoms with Crippen LogP contribution in [0.2, 0.25) is 0 Å². The van der Waals surface area contributed by atoms with E-state index in [1.54, 1.807) is 24.3 Å². The van der Waals surface area contributed by atoms with E-state index in [1.807, 2.05) is 36.4 Å². The molecule has 9 nitrogen and oxygen atoms in total. The summed E-state index contributed by atoms with van der Waals surface area (Å²) in [5.41, 5.74) is 1.08. The molecule has 0 radical (unpaired) electrons. The average Bonchev–Trinajstić information content (AvgIpc) is 2.95. The maximum Gasteiger partial charge on any atom is 0.331 e. The maximum absolute atomic E-state index is 13.2. The van der Waals surface area contributed by atoms with E-state index in [0.29, 0.717) is 12.4 Å². The Bertz CT molecular complexity index is 1060. The Morgan fingerprint density at radius 2 is 1.64 bits per heavy atom. The Morgan fingerprint density at radius 3 is 2.36 bits per heavy atom. The fraction of sp³-hybridized carbons (Fsp3) is 0.367. The fourth-order valence-corrected chi connectivity index (χ4v) is 3.48. The number of para-hydroxylation sites is 1. The average molecular weight is 539 g/mol. The zero-order chi connectivity index (χ0) is 28.3. The fourth-order valence-electron chi connectivity index (χ4n) is 3.48. The molecule has 2 atom stereocenters. The monoisotopic (exact) mass is 538 g/mol. The van der Waals surface area contributed by atoms with Crippen LogP contribution in [0.15, 0.2) is 79.9 Å². The summed E-state index contributed by atoms with van der Waals surface area (Å²) in [5.74, 6) is -1.41. The van der Waals surface area contributed by atoms with Crippen molar-refractivity contribution in [3.05, 3.63) is 91.0 Å². The SMILES string of the molecule is C=CCCCCOc1ccccc1C(=O)N[C@@H](COC)C(=O)N[C@@H](COCC=C)C(=O)OCc1ccccc1. The minimum Gasteiger partial charge on any atom is -0.493 e. The lowest BCUT2D eigenvalue weighted by Gasteiger charge is -2.22. The number of allylic oxidation sites excluding steroid dienone is 1. The molecule has 0 unspecified atom stereocenters. The van der Waals surface area contributed by atoms with Crippen molar-refractivity contribution in [1.29, 1.82) is 0 Å². The number of hydrogen-bond donors (Lipinski definition) is 2. The van der Waals surface area contributed by atoms with Gasteiger partial charge in [-0.3, -0.25) is 9.59 Å². The highest BCUT2D eigenvalue weighted by molar-refractivity contribution is 6.00. The van der Waals surface area contributed by atoms with E-state index in [4.69, 9.17) is 18.9 Å². The Morgan fingerprint density at radius 1 is 0.897 bits per heavy atom. The van der Waals surface area contributed by atoms with Crippen LogP contribution in [0.25, 0.3) is 0 Å². The third kappa shape index (κ3) is 11.5. The number of benzene rings is 2. The normalized spacial score (nSPS) is 12.0. The molecule has 0 aliphatic carbocycles. The quantitative estimate of drug-likeness (QED) is 0.160. The van der Waals surface area contributed by atoms with Crippen molar-refractivity contribution in [3.8, 4) is 5.75 Å². The zero-order valence-corrected chi connectivity index (χ0v) is 22.4. The van der Waals surface area contributed by atoms with Crippen molar-refractivity contribution in [2.24, 2.45) is 0 Å². The molecule has 0 heterocycles. The molecule has 0 saturated heterocycles. The van der Waals surface area contributed by atoms with Crippen LogP contribution in [0.3, 0.4) is 0 Å². The Balaban J connectivity index is 2.06. The van der Waals surface area contributed by atoms with Crippen LogP contribution in [0, 0.1) is 0 Å². The summed E-state index contributed by atoms with van der Waals surface area (Å²) in [6.45, 7) is 7.69. The van der Waals surface area contributed by atoms with Gasteiger partial charge in [0.15, 0.2) is 6.04 Å². The van der Waals surface area contributed by atoms with E-state index in [0.717, 1.165) is 24.8 Å². The van der Waals surface area contributed by atoms with E-state index < -0.39 is 29.9 Å². The summed E-state index contributed by atoms with van der Waals surface area (Å²) in [6.07, 6.45) is 6.01. The highest BCUT2D eigenvalue weighted by atomic mass is 16.5. The van der Waals surface area contributed by atoms with Crippen LogP contribution < -0.4 is 15.4 Å². The van der Waals surface area contributed by atoms with E-state index in [1.165, 1.54) is 13.2 Å².